The number of carbonyl (C=O) groups excluding carboxylic acids is 1. The normalized spacial score (nSPS) is 27.3. The second-order valence-electron chi connectivity index (χ2n) is 11.9. The van der Waals surface area contributed by atoms with E-state index in [0.717, 1.165) is 17.7 Å². The zero-order valence-corrected chi connectivity index (χ0v) is 24.0. The first-order chi connectivity index (χ1) is 20.0. The highest BCUT2D eigenvalue weighted by Gasteiger charge is 2.53. The molecule has 3 saturated heterocycles. The number of nitrogens with zero attached hydrogens (tertiary/aromatic N) is 3. The van der Waals surface area contributed by atoms with Crippen molar-refractivity contribution in [3.05, 3.63) is 70.0 Å². The number of alkyl halides is 6. The number of carbonyl (C=O) groups is 1. The van der Waals surface area contributed by atoms with E-state index in [1.54, 1.807) is 17.9 Å². The molecule has 1 N–H and O–H groups in total. The van der Waals surface area contributed by atoms with Crippen molar-refractivity contribution in [1.29, 1.82) is 0 Å². The maximum Gasteiger partial charge on any atom is 0.416 e. The fraction of sp³-hybridized carbons (Fsp3) is 0.567. The number of hydrogen-bond donors (Lipinski definition) is 1. The van der Waals surface area contributed by atoms with Gasteiger partial charge in [-0.15, -0.1) is 0 Å². The van der Waals surface area contributed by atoms with Gasteiger partial charge in [0.15, 0.2) is 6.29 Å². The van der Waals surface area contributed by atoms with E-state index in [4.69, 9.17) is 4.74 Å². The Morgan fingerprint density at radius 3 is 2.33 bits per heavy atom. The number of morpholine rings is 1. The molecule has 0 saturated carbocycles. The second-order valence-corrected chi connectivity index (χ2v) is 11.9. The average molecular weight is 618 g/mol. The average Bonchev–Trinajstić information content (AvgIpc) is 3.27. The van der Waals surface area contributed by atoms with Crippen molar-refractivity contribution in [3.63, 3.8) is 0 Å². The topological polar surface area (TPSA) is 56.3 Å². The van der Waals surface area contributed by atoms with Crippen LogP contribution in [0.3, 0.4) is 0 Å². The summed E-state index contributed by atoms with van der Waals surface area (Å²) < 4.78 is 101. The number of hydrogen-bond acceptors (Lipinski definition) is 4. The van der Waals surface area contributed by atoms with E-state index in [1.807, 2.05) is 0 Å². The summed E-state index contributed by atoms with van der Waals surface area (Å²) in [5.41, 5.74) is -2.27. The smallest absolute Gasteiger partial charge is 0.367 e. The van der Waals surface area contributed by atoms with E-state index >= 15 is 0 Å². The fourth-order valence-corrected chi connectivity index (χ4v) is 6.96. The van der Waals surface area contributed by atoms with Crippen molar-refractivity contribution in [3.8, 4) is 0 Å². The lowest BCUT2D eigenvalue weighted by molar-refractivity contribution is -0.179. The highest BCUT2D eigenvalue weighted by molar-refractivity contribution is 5.75. The number of amides is 2. The third-order valence-corrected chi connectivity index (χ3v) is 9.41. The molecule has 0 bridgehead atoms. The standard InChI is InChI=1S/C30H34F7N3O3/c1-17-10-22(31)4-5-24(17)25-14-28(7-6-23-16-43-26(41)15-40(23)28)8-9-39(25)27(42)38(3)18(2)19-11-20(29(32,33)34)13-21(12-19)30(35,36)37/h4-5,10-13,18,23,25-26,41H,6-9,14-16H2,1-3H3/t18-,23+,25-,26?,28?/m1/s1. The first kappa shape index (κ1) is 31.5. The predicted molar refractivity (Wildman–Crippen MR) is 142 cm³/mol. The number of benzene rings is 2. The molecule has 6 nitrogen and oxygen atoms in total. The number of aryl methyl sites for hydroxylation is 1. The minimum absolute atomic E-state index is 0.0624. The second kappa shape index (κ2) is 11.2. The molecule has 0 aromatic heterocycles. The minimum atomic E-state index is -5.02. The van der Waals surface area contributed by atoms with E-state index in [9.17, 15) is 40.6 Å². The third kappa shape index (κ3) is 6.08. The van der Waals surface area contributed by atoms with Crippen LogP contribution >= 0.6 is 0 Å². The number of ether oxygens (including phenoxy) is 1. The predicted octanol–water partition coefficient (Wildman–Crippen LogP) is 6.67. The highest BCUT2D eigenvalue weighted by atomic mass is 19.4. The molecule has 5 rings (SSSR count). The molecule has 2 aromatic carbocycles. The molecule has 236 valence electrons. The van der Waals surface area contributed by atoms with Gasteiger partial charge in [-0.3, -0.25) is 4.90 Å². The molecule has 2 unspecified atom stereocenters. The lowest BCUT2D eigenvalue weighted by Gasteiger charge is -2.52. The number of fused-ring (bicyclic) bond motifs is 2. The molecule has 2 aromatic rings. The van der Waals surface area contributed by atoms with Crippen molar-refractivity contribution in [1.82, 2.24) is 14.7 Å². The van der Waals surface area contributed by atoms with Crippen LogP contribution in [0.25, 0.3) is 0 Å². The highest BCUT2D eigenvalue weighted by Crippen LogP contribution is 2.49. The van der Waals surface area contributed by atoms with Gasteiger partial charge < -0.3 is 19.6 Å². The molecule has 3 heterocycles. The van der Waals surface area contributed by atoms with Crippen molar-refractivity contribution < 1.29 is 45.4 Å². The van der Waals surface area contributed by atoms with Gasteiger partial charge in [0.05, 0.1) is 36.4 Å². The van der Waals surface area contributed by atoms with E-state index in [-0.39, 0.29) is 29.8 Å². The fourth-order valence-electron chi connectivity index (χ4n) is 6.96. The Hall–Kier alpha value is -2.90. The molecule has 43 heavy (non-hydrogen) atoms. The maximum absolute atomic E-state index is 14.1. The van der Waals surface area contributed by atoms with Crippen LogP contribution in [-0.2, 0) is 17.1 Å². The third-order valence-electron chi connectivity index (χ3n) is 9.41. The first-order valence-electron chi connectivity index (χ1n) is 14.2. The van der Waals surface area contributed by atoms with Crippen LogP contribution in [0.15, 0.2) is 36.4 Å². The van der Waals surface area contributed by atoms with Gasteiger partial charge in [-0.1, -0.05) is 6.07 Å². The lowest BCUT2D eigenvalue weighted by atomic mass is 9.78. The molecular formula is C30H34F7N3O3. The number of piperidine rings is 1. The molecule has 2 amide bonds. The monoisotopic (exact) mass is 617 g/mol. The molecule has 3 fully saturated rings. The van der Waals surface area contributed by atoms with Gasteiger partial charge in [-0.05, 0) is 86.6 Å². The van der Waals surface area contributed by atoms with Crippen LogP contribution in [0.4, 0.5) is 35.5 Å². The van der Waals surface area contributed by atoms with E-state index in [0.29, 0.717) is 49.3 Å². The number of aliphatic hydroxyl groups is 1. The SMILES string of the molecule is Cc1cc(F)ccc1[C@H]1CC2(CC[C@H]3COC(O)CN32)CCN1C(=O)N(C)[C@H](C)c1cc(C(F)(F)F)cc(C(F)(F)F)c1. The molecular weight excluding hydrogens is 583 g/mol. The zero-order chi connectivity index (χ0) is 31.5. The Kier molecular flexibility index (Phi) is 8.23. The molecule has 1 spiro atoms. The van der Waals surface area contributed by atoms with Crippen molar-refractivity contribution in [2.45, 2.75) is 81.8 Å². The number of urea groups is 1. The molecule has 0 radical (unpaired) electrons. The van der Waals surface area contributed by atoms with Gasteiger partial charge in [0, 0.05) is 25.2 Å². The van der Waals surface area contributed by atoms with Crippen molar-refractivity contribution >= 4 is 6.03 Å². The summed E-state index contributed by atoms with van der Waals surface area (Å²) in [4.78, 5) is 19.0. The van der Waals surface area contributed by atoms with Gasteiger partial charge in [0.1, 0.15) is 5.82 Å². The summed E-state index contributed by atoms with van der Waals surface area (Å²) in [7, 11) is 1.35. The Balaban J connectivity index is 1.48. The molecule has 5 atom stereocenters. The van der Waals surface area contributed by atoms with Crippen LogP contribution < -0.4 is 0 Å². The summed E-state index contributed by atoms with van der Waals surface area (Å²) in [6.07, 6.45) is -8.35. The van der Waals surface area contributed by atoms with Crippen molar-refractivity contribution in [2.75, 3.05) is 26.7 Å². The summed E-state index contributed by atoms with van der Waals surface area (Å²) in [5, 5.41) is 10.2. The van der Waals surface area contributed by atoms with Gasteiger partial charge in [0.25, 0.3) is 0 Å². The van der Waals surface area contributed by atoms with Crippen LogP contribution in [0.2, 0.25) is 0 Å². The van der Waals surface area contributed by atoms with Crippen LogP contribution in [0.5, 0.6) is 0 Å². The molecule has 0 aliphatic carbocycles. The van der Waals surface area contributed by atoms with Gasteiger partial charge >= 0.3 is 18.4 Å². The quantitative estimate of drug-likeness (QED) is 0.391. The Morgan fingerprint density at radius 2 is 1.72 bits per heavy atom. The molecule has 3 aliphatic rings. The van der Waals surface area contributed by atoms with E-state index in [1.165, 1.54) is 26.1 Å². The lowest BCUT2D eigenvalue weighted by Crippen LogP contribution is -2.60. The maximum atomic E-state index is 14.1. The zero-order valence-electron chi connectivity index (χ0n) is 24.0. The summed E-state index contributed by atoms with van der Waals surface area (Å²) in [6.45, 7) is 4.04. The van der Waals surface area contributed by atoms with Crippen LogP contribution in [-0.4, -0.2) is 70.5 Å². The molecule has 13 heteroatoms. The number of halogens is 7. The van der Waals surface area contributed by atoms with Crippen LogP contribution in [0.1, 0.15) is 72.5 Å². The Bertz CT molecular complexity index is 1340. The minimum Gasteiger partial charge on any atom is -0.367 e. The summed E-state index contributed by atoms with van der Waals surface area (Å²) in [6, 6.07) is 3.46. The van der Waals surface area contributed by atoms with Crippen molar-refractivity contribution in [2.24, 2.45) is 0 Å². The largest absolute Gasteiger partial charge is 0.416 e. The van der Waals surface area contributed by atoms with Crippen LogP contribution in [0, 0.1) is 12.7 Å². The Labute approximate surface area is 245 Å². The summed E-state index contributed by atoms with van der Waals surface area (Å²) >= 11 is 0. The summed E-state index contributed by atoms with van der Waals surface area (Å²) in [5.74, 6) is -0.447. The number of β-amino-alcohol motifs (C(OH)–C–C–N with tert-alkyl or cyclic N) is 1. The van der Waals surface area contributed by atoms with E-state index < -0.39 is 53.7 Å². The molecule has 3 aliphatic heterocycles. The Morgan fingerprint density at radius 1 is 1.07 bits per heavy atom. The first-order valence-corrected chi connectivity index (χ1v) is 14.2. The number of likely N-dealkylation sites (tertiary alicyclic amines) is 1. The number of aliphatic hydroxyl groups excluding tert-OH is 1. The number of rotatable bonds is 3. The van der Waals surface area contributed by atoms with Gasteiger partial charge in [-0.2, -0.15) is 26.3 Å². The van der Waals surface area contributed by atoms with Gasteiger partial charge in [0.2, 0.25) is 0 Å². The van der Waals surface area contributed by atoms with E-state index in [2.05, 4.69) is 4.90 Å². The van der Waals surface area contributed by atoms with Gasteiger partial charge in [-0.25, -0.2) is 9.18 Å².